The molecule has 1 atom stereocenters. The molecule has 1 aliphatic rings. The zero-order valence-electron chi connectivity index (χ0n) is 9.94. The summed E-state index contributed by atoms with van der Waals surface area (Å²) in [6, 6.07) is 7.03. The van der Waals surface area contributed by atoms with Crippen LogP contribution in [0.4, 0.5) is 0 Å². The molecule has 17 heavy (non-hydrogen) atoms. The smallest absolute Gasteiger partial charge is 0.337 e. The first-order valence-electron chi connectivity index (χ1n) is 5.81. The summed E-state index contributed by atoms with van der Waals surface area (Å²) >= 11 is 0. The molecule has 0 saturated carbocycles. The van der Waals surface area contributed by atoms with E-state index in [9.17, 15) is 4.79 Å². The Bertz CT molecular complexity index is 369. The van der Waals surface area contributed by atoms with Crippen molar-refractivity contribution >= 4 is 5.97 Å². The summed E-state index contributed by atoms with van der Waals surface area (Å²) in [5, 5.41) is 3.30. The predicted octanol–water partition coefficient (Wildman–Crippen LogP) is 1.46. The van der Waals surface area contributed by atoms with Gasteiger partial charge in [-0.25, -0.2) is 4.79 Å². The van der Waals surface area contributed by atoms with E-state index < -0.39 is 0 Å². The Morgan fingerprint density at radius 3 is 2.76 bits per heavy atom. The van der Waals surface area contributed by atoms with Crippen molar-refractivity contribution in [2.75, 3.05) is 26.8 Å². The van der Waals surface area contributed by atoms with Crippen LogP contribution in [-0.4, -0.2) is 32.8 Å². The van der Waals surface area contributed by atoms with Gasteiger partial charge in [0.2, 0.25) is 0 Å². The monoisotopic (exact) mass is 235 g/mol. The topological polar surface area (TPSA) is 47.6 Å². The van der Waals surface area contributed by atoms with Crippen molar-refractivity contribution < 1.29 is 14.3 Å². The second-order valence-electron chi connectivity index (χ2n) is 4.19. The molecule has 4 heteroatoms. The van der Waals surface area contributed by atoms with Crippen LogP contribution in [0.5, 0.6) is 5.75 Å². The molecule has 2 rings (SSSR count). The molecule has 1 unspecified atom stereocenters. The molecule has 0 aliphatic carbocycles. The van der Waals surface area contributed by atoms with Crippen LogP contribution in [0.25, 0.3) is 0 Å². The third-order valence-electron chi connectivity index (χ3n) is 2.92. The minimum Gasteiger partial charge on any atom is -0.493 e. The lowest BCUT2D eigenvalue weighted by Gasteiger charge is -2.10. The minimum absolute atomic E-state index is 0.323. The Balaban J connectivity index is 1.87. The lowest BCUT2D eigenvalue weighted by atomic mass is 10.1. The highest BCUT2D eigenvalue weighted by Crippen LogP contribution is 2.15. The Morgan fingerprint density at radius 1 is 1.41 bits per heavy atom. The van der Waals surface area contributed by atoms with Crippen molar-refractivity contribution in [3.05, 3.63) is 29.8 Å². The number of ether oxygens (including phenoxy) is 2. The standard InChI is InChI=1S/C13H17NO3/c1-16-13(15)11-2-4-12(5-3-11)17-9-10-6-7-14-8-10/h2-5,10,14H,6-9H2,1H3. The number of methoxy groups -OCH3 is 1. The van der Waals surface area contributed by atoms with E-state index in [-0.39, 0.29) is 5.97 Å². The number of rotatable bonds is 4. The summed E-state index contributed by atoms with van der Waals surface area (Å²) in [5.74, 6) is 1.07. The van der Waals surface area contributed by atoms with Gasteiger partial charge < -0.3 is 14.8 Å². The highest BCUT2D eigenvalue weighted by molar-refractivity contribution is 5.89. The maximum absolute atomic E-state index is 11.2. The molecule has 4 nitrogen and oxygen atoms in total. The van der Waals surface area contributed by atoms with Crippen LogP contribution in [0.3, 0.4) is 0 Å². The summed E-state index contributed by atoms with van der Waals surface area (Å²) in [6.45, 7) is 2.83. The number of carbonyl (C=O) groups excluding carboxylic acids is 1. The molecule has 0 bridgehead atoms. The van der Waals surface area contributed by atoms with Gasteiger partial charge in [-0.1, -0.05) is 0 Å². The first-order valence-corrected chi connectivity index (χ1v) is 5.81. The number of esters is 1. The molecule has 1 fully saturated rings. The van der Waals surface area contributed by atoms with Gasteiger partial charge in [0, 0.05) is 12.5 Å². The maximum Gasteiger partial charge on any atom is 0.337 e. The fourth-order valence-electron chi connectivity index (χ4n) is 1.88. The number of hydrogen-bond donors (Lipinski definition) is 1. The van der Waals surface area contributed by atoms with Crippen LogP contribution in [-0.2, 0) is 4.74 Å². The van der Waals surface area contributed by atoms with E-state index in [4.69, 9.17) is 4.74 Å². The molecule has 1 aromatic rings. The summed E-state index contributed by atoms with van der Waals surface area (Å²) in [7, 11) is 1.37. The van der Waals surface area contributed by atoms with Crippen molar-refractivity contribution in [3.8, 4) is 5.75 Å². The number of hydrogen-bond acceptors (Lipinski definition) is 4. The average molecular weight is 235 g/mol. The molecule has 0 spiro atoms. The van der Waals surface area contributed by atoms with Crippen LogP contribution in [0, 0.1) is 5.92 Å². The molecule has 0 aromatic heterocycles. The average Bonchev–Trinajstić information content (AvgIpc) is 2.89. The van der Waals surface area contributed by atoms with Gasteiger partial charge in [-0.15, -0.1) is 0 Å². The second kappa shape index (κ2) is 5.68. The zero-order valence-corrected chi connectivity index (χ0v) is 9.94. The fraction of sp³-hybridized carbons (Fsp3) is 0.462. The van der Waals surface area contributed by atoms with Crippen molar-refractivity contribution in [3.63, 3.8) is 0 Å². The molecular formula is C13H17NO3. The molecule has 1 saturated heterocycles. The van der Waals surface area contributed by atoms with Crippen LogP contribution >= 0.6 is 0 Å². The molecule has 1 N–H and O–H groups in total. The van der Waals surface area contributed by atoms with E-state index in [0.29, 0.717) is 11.5 Å². The number of nitrogens with one attached hydrogen (secondary N) is 1. The third-order valence-corrected chi connectivity index (χ3v) is 2.92. The summed E-state index contributed by atoms with van der Waals surface area (Å²) < 4.78 is 10.3. The summed E-state index contributed by atoms with van der Waals surface area (Å²) in [6.07, 6.45) is 1.17. The van der Waals surface area contributed by atoms with Gasteiger partial charge in [0.15, 0.2) is 0 Å². The van der Waals surface area contributed by atoms with E-state index in [0.717, 1.165) is 25.4 Å². The Kier molecular flexibility index (Phi) is 3.98. The zero-order chi connectivity index (χ0) is 12.1. The largest absolute Gasteiger partial charge is 0.493 e. The summed E-state index contributed by atoms with van der Waals surface area (Å²) in [5.41, 5.74) is 0.544. The lowest BCUT2D eigenvalue weighted by molar-refractivity contribution is 0.0600. The normalized spacial score (nSPS) is 19.0. The van der Waals surface area contributed by atoms with Crippen LogP contribution < -0.4 is 10.1 Å². The van der Waals surface area contributed by atoms with Crippen LogP contribution in [0.15, 0.2) is 24.3 Å². The lowest BCUT2D eigenvalue weighted by Crippen LogP contribution is -2.15. The molecule has 1 heterocycles. The maximum atomic E-state index is 11.2. The molecular weight excluding hydrogens is 218 g/mol. The van der Waals surface area contributed by atoms with E-state index in [2.05, 4.69) is 10.1 Å². The van der Waals surface area contributed by atoms with Crippen molar-refractivity contribution in [1.29, 1.82) is 0 Å². The van der Waals surface area contributed by atoms with Gasteiger partial charge in [-0.3, -0.25) is 0 Å². The van der Waals surface area contributed by atoms with Crippen molar-refractivity contribution in [1.82, 2.24) is 5.32 Å². The minimum atomic E-state index is -0.323. The fourth-order valence-corrected chi connectivity index (χ4v) is 1.88. The number of benzene rings is 1. The first-order chi connectivity index (χ1) is 8.29. The predicted molar refractivity (Wildman–Crippen MR) is 64.3 cm³/mol. The van der Waals surface area contributed by atoms with Gasteiger partial charge in [0.1, 0.15) is 5.75 Å². The third kappa shape index (κ3) is 3.20. The molecule has 0 amide bonds. The van der Waals surface area contributed by atoms with Gasteiger partial charge in [-0.2, -0.15) is 0 Å². The van der Waals surface area contributed by atoms with Crippen molar-refractivity contribution in [2.45, 2.75) is 6.42 Å². The van der Waals surface area contributed by atoms with E-state index in [1.807, 2.05) is 0 Å². The van der Waals surface area contributed by atoms with Gasteiger partial charge in [0.25, 0.3) is 0 Å². The van der Waals surface area contributed by atoms with Gasteiger partial charge in [0.05, 0.1) is 19.3 Å². The van der Waals surface area contributed by atoms with Crippen LogP contribution in [0.1, 0.15) is 16.8 Å². The van der Waals surface area contributed by atoms with Gasteiger partial charge in [-0.05, 0) is 37.2 Å². The molecule has 0 radical (unpaired) electrons. The Labute approximate surface area is 101 Å². The van der Waals surface area contributed by atoms with E-state index in [1.165, 1.54) is 13.5 Å². The van der Waals surface area contributed by atoms with Gasteiger partial charge >= 0.3 is 5.97 Å². The molecule has 1 aliphatic heterocycles. The Hall–Kier alpha value is -1.55. The van der Waals surface area contributed by atoms with Crippen LogP contribution in [0.2, 0.25) is 0 Å². The first kappa shape index (κ1) is 11.9. The van der Waals surface area contributed by atoms with E-state index in [1.54, 1.807) is 24.3 Å². The van der Waals surface area contributed by atoms with Crippen molar-refractivity contribution in [2.24, 2.45) is 5.92 Å². The highest BCUT2D eigenvalue weighted by atomic mass is 16.5. The second-order valence-corrected chi connectivity index (χ2v) is 4.19. The highest BCUT2D eigenvalue weighted by Gasteiger charge is 2.14. The SMILES string of the molecule is COC(=O)c1ccc(OCC2CCNC2)cc1. The number of carbonyl (C=O) groups is 1. The molecule has 92 valence electrons. The molecule has 1 aromatic carbocycles. The quantitative estimate of drug-likeness (QED) is 0.803. The summed E-state index contributed by atoms with van der Waals surface area (Å²) in [4.78, 5) is 11.2. The van der Waals surface area contributed by atoms with E-state index >= 15 is 0 Å². The Morgan fingerprint density at radius 2 is 2.18 bits per heavy atom.